The predicted molar refractivity (Wildman–Crippen MR) is 309 cm³/mol. The van der Waals surface area contributed by atoms with Gasteiger partial charge in [-0.3, -0.25) is 19.0 Å². The number of aliphatic carboxylic acids is 1. The largest absolute Gasteiger partial charge is 0.625 e. The molecule has 1 fully saturated rings. The van der Waals surface area contributed by atoms with Gasteiger partial charge in [-0.2, -0.15) is 27.0 Å². The zero-order valence-corrected chi connectivity index (χ0v) is 48.6. The molecule has 0 aliphatic carbocycles. The van der Waals surface area contributed by atoms with Crippen LogP contribution in [0.1, 0.15) is 82.2 Å². The molecule has 1 N–H and O–H groups in total. The van der Waals surface area contributed by atoms with Crippen LogP contribution in [0.3, 0.4) is 0 Å². The molecule has 3 heterocycles. The first-order valence-electron chi connectivity index (χ1n) is 23.1. The van der Waals surface area contributed by atoms with Crippen molar-refractivity contribution in [2.45, 2.75) is 96.5 Å². The maximum atomic E-state index is 13.8. The average Bonchev–Trinajstić information content (AvgIpc) is 4.06. The van der Waals surface area contributed by atoms with Crippen molar-refractivity contribution in [2.75, 3.05) is 6.54 Å². The second-order valence-corrected chi connectivity index (χ2v) is 21.0. The Hall–Kier alpha value is -4.67. The van der Waals surface area contributed by atoms with Gasteiger partial charge >= 0.3 is 18.2 Å². The first-order valence-corrected chi connectivity index (χ1v) is 25.2. The molecule has 0 radical (unpaired) electrons. The van der Waals surface area contributed by atoms with Crippen LogP contribution in [0.2, 0.25) is 20.1 Å². The molecule has 20 heteroatoms. The molecule has 0 bridgehead atoms. The Morgan fingerprint density at radius 1 is 0.707 bits per heavy atom. The number of aliphatic imine (C=N–C) groups is 1. The molecule has 2 aromatic heterocycles. The fraction of sp³-hybridized carbons (Fsp3) is 0.291. The summed E-state index contributed by atoms with van der Waals surface area (Å²) >= 11 is 31.2. The summed E-state index contributed by atoms with van der Waals surface area (Å²) in [6.45, 7) is 12.1. The molecule has 1 saturated heterocycles. The van der Waals surface area contributed by atoms with Gasteiger partial charge in [-0.15, -0.1) is 17.3 Å². The molecule has 0 unspecified atom stereocenters. The Bertz CT molecular complexity index is 3180. The maximum absolute atomic E-state index is 13.8. The first-order chi connectivity index (χ1) is 34.1. The Kier molecular flexibility index (Phi) is 22.7. The minimum Gasteiger partial charge on any atom is -0.625 e. The number of ether oxygens (including phenoxy) is 2. The van der Waals surface area contributed by atoms with Gasteiger partial charge < -0.3 is 24.7 Å². The van der Waals surface area contributed by atoms with E-state index in [1.807, 2.05) is 81.4 Å². The van der Waals surface area contributed by atoms with Crippen LogP contribution >= 0.6 is 85.0 Å². The summed E-state index contributed by atoms with van der Waals surface area (Å²) in [5, 5.41) is 17.6. The normalized spacial score (nSPS) is 14.1. The number of aromatic nitrogens is 2. The molecule has 1 aliphatic heterocycles. The number of halogens is 5. The molecule has 75 heavy (non-hydrogen) atoms. The van der Waals surface area contributed by atoms with Crippen molar-refractivity contribution in [1.29, 1.82) is 0 Å². The number of hydrogen-bond donors (Lipinski definition) is 1. The van der Waals surface area contributed by atoms with Crippen molar-refractivity contribution < 1.29 is 50.2 Å². The van der Waals surface area contributed by atoms with E-state index in [9.17, 15) is 24.3 Å². The maximum Gasteiger partial charge on any atom is 0.419 e. The van der Waals surface area contributed by atoms with E-state index in [0.717, 1.165) is 24.1 Å². The number of benzene rings is 5. The van der Waals surface area contributed by atoms with Gasteiger partial charge in [-0.1, -0.05) is 131 Å². The Balaban J connectivity index is 0.000000446. The number of para-hydroxylation sites is 1. The van der Waals surface area contributed by atoms with Crippen molar-refractivity contribution in [2.24, 2.45) is 4.99 Å². The minimum atomic E-state index is -1.33. The molecule has 1 amide bonds. The monoisotopic (exact) mass is 1200 g/mol. The van der Waals surface area contributed by atoms with Gasteiger partial charge in [-0.25, -0.2) is 14.4 Å². The van der Waals surface area contributed by atoms with E-state index in [4.69, 9.17) is 72.5 Å². The van der Waals surface area contributed by atoms with E-state index < -0.39 is 35.4 Å². The number of carbonyl (C=O) groups excluding carboxylic acids is 3. The number of carboxylic acids is 1. The summed E-state index contributed by atoms with van der Waals surface area (Å²) in [7, 11) is 0. The quantitative estimate of drug-likeness (QED) is 0.0765. The molecule has 7 aromatic rings. The van der Waals surface area contributed by atoms with E-state index in [1.165, 1.54) is 15.3 Å². The van der Waals surface area contributed by atoms with Gasteiger partial charge in [0.2, 0.25) is 0 Å². The first kappa shape index (κ1) is 62.9. The van der Waals surface area contributed by atoms with Crippen LogP contribution in [0, 0.1) is 0 Å². The van der Waals surface area contributed by atoms with Crippen LogP contribution < -0.4 is 0 Å². The Morgan fingerprint density at radius 3 is 1.72 bits per heavy atom. The van der Waals surface area contributed by atoms with E-state index in [-0.39, 0.29) is 77.8 Å². The summed E-state index contributed by atoms with van der Waals surface area (Å²) in [4.78, 5) is 59.3. The molecule has 402 valence electrons. The molecule has 12 nitrogen and oxygen atoms in total. The number of nitrogens with zero attached hydrogens (tertiary/aromatic N) is 5. The van der Waals surface area contributed by atoms with Gasteiger partial charge in [0.25, 0.3) is 0 Å². The van der Waals surface area contributed by atoms with E-state index >= 15 is 0 Å². The molecule has 8 rings (SSSR count). The fourth-order valence-electron chi connectivity index (χ4n) is 8.38. The van der Waals surface area contributed by atoms with Crippen LogP contribution in [0.4, 0.5) is 15.3 Å². The molecule has 0 spiro atoms. The van der Waals surface area contributed by atoms with Crippen LogP contribution in [-0.4, -0.2) is 78.7 Å². The van der Waals surface area contributed by atoms with Gasteiger partial charge in [0.05, 0.1) is 48.8 Å². The minimum absolute atomic E-state index is 0. The number of carboxylic acid groups (broad SMARTS) is 1. The van der Waals surface area contributed by atoms with E-state index in [2.05, 4.69) is 10.2 Å². The number of likely N-dealkylation sites (tertiary alicyclic amines) is 1. The van der Waals surface area contributed by atoms with Gasteiger partial charge in [0, 0.05) is 64.1 Å². The van der Waals surface area contributed by atoms with Crippen LogP contribution in [0.25, 0.3) is 27.1 Å². The van der Waals surface area contributed by atoms with Crippen molar-refractivity contribution in [1.82, 2.24) is 14.0 Å². The predicted octanol–water partition coefficient (Wildman–Crippen LogP) is 15.2. The molecule has 1 aliphatic rings. The zero-order chi connectivity index (χ0) is 52.1. The van der Waals surface area contributed by atoms with Crippen LogP contribution in [0.15, 0.2) is 127 Å². The number of fused-ring (bicyclic) bond motifs is 2. The van der Waals surface area contributed by atoms with Crippen molar-refractivity contribution >= 4 is 142 Å². The number of rotatable bonds is 11. The third-order valence-electron chi connectivity index (χ3n) is 11.5. The Morgan fingerprint density at radius 2 is 1.20 bits per heavy atom. The summed E-state index contributed by atoms with van der Waals surface area (Å²) < 4.78 is 13.7. The standard InChI is InChI=1S/C41H40Cl2N4O5.C14H14Cl3NO2.Ni.2H2S/c1-41(2,3)52-40(51)47-25-28(35-33(47)21-20-30(42)36(35)43)23-32(39(49)50)44-37(27-15-8-5-9-16-27)29-17-10-11-18-31(29)45-38(48)34-19-12-22-46(34)24-26-13-6-4-7-14-26;1-14(2,3)20-13(19)18-7-8(6-15)11-10(18)5-4-9(16)12(11)17;;;/h4-11,13-18,20-21,25,32,34H,12,19,22-24H2,1-3H3,(H2,44,45,48,49,50);4-5,7H,6H2,1-3H3;;2*1H2/p-1/t32-,34-;;;;/m0..../s1. The van der Waals surface area contributed by atoms with Crippen LogP contribution in [-0.2, 0) is 54.4 Å². The number of carbonyl (C=O) groups is 4. The van der Waals surface area contributed by atoms with Crippen molar-refractivity contribution in [3.8, 4) is 0 Å². The topological polar surface area (TPSA) is 147 Å². The number of hydrogen-bond acceptors (Lipinski definition) is 8. The fourth-order valence-corrected chi connectivity index (χ4v) is 9.46. The third-order valence-corrected chi connectivity index (χ3v) is 13.4. The van der Waals surface area contributed by atoms with Crippen LogP contribution in [0.5, 0.6) is 0 Å². The summed E-state index contributed by atoms with van der Waals surface area (Å²) in [6, 6.07) is 31.2. The summed E-state index contributed by atoms with van der Waals surface area (Å²) in [5.41, 5.74) is 3.91. The number of alkyl halides is 1. The summed E-state index contributed by atoms with van der Waals surface area (Å²) in [5.74, 6) is -1.23. The van der Waals surface area contributed by atoms with E-state index in [1.54, 1.807) is 75.5 Å². The second-order valence-electron chi connectivity index (χ2n) is 19.1. The van der Waals surface area contributed by atoms with Gasteiger partial charge in [0.15, 0.2) is 6.04 Å². The average molecular weight is 1200 g/mol. The number of amides is 1. The molecule has 2 atom stereocenters. The van der Waals surface area contributed by atoms with Crippen molar-refractivity contribution in [3.05, 3.63) is 175 Å². The van der Waals surface area contributed by atoms with Crippen molar-refractivity contribution in [3.63, 3.8) is 0 Å². The second kappa shape index (κ2) is 27.1. The zero-order valence-electron chi connectivity index (χ0n) is 41.8. The molecule has 5 aromatic carbocycles. The molecular formula is C55H57Cl5N5NiO7S2-. The smallest absolute Gasteiger partial charge is 0.419 e. The van der Waals surface area contributed by atoms with E-state index in [0.29, 0.717) is 72.9 Å². The Labute approximate surface area is 485 Å². The van der Waals surface area contributed by atoms with Gasteiger partial charge in [-0.05, 0) is 107 Å². The summed E-state index contributed by atoms with van der Waals surface area (Å²) in [6.07, 6.45) is 3.49. The SMILES string of the molecule is CC(C)(C)OC(=O)n1cc(CCl)c2c(Cl)c(Cl)ccc21.CC(C)(C)OC(=O)n1cc(C[C@H](N=C(c2ccccc2)c2ccccc2[N-]C(=O)[C@@H]2CCCN2Cc2ccccc2)C(=O)O)c2c(Cl)c(Cl)ccc21.S.S.[Ni]. The molecular weight excluding hydrogens is 1140 g/mol. The van der Waals surface area contributed by atoms with Gasteiger partial charge in [0.1, 0.15) is 11.2 Å². The third kappa shape index (κ3) is 15.5. The molecule has 0 saturated carbocycles.